The van der Waals surface area contributed by atoms with Crippen LogP contribution in [0.15, 0.2) is 24.3 Å². The molecule has 6 rings (SSSR count). The fourth-order valence-electron chi connectivity index (χ4n) is 7.16. The number of carbonyl (C=O) groups is 1. The molecule has 0 atom stereocenters. The summed E-state index contributed by atoms with van der Waals surface area (Å²) in [5.74, 6) is 2.65. The summed E-state index contributed by atoms with van der Waals surface area (Å²) < 4.78 is 0. The zero-order valence-electron chi connectivity index (χ0n) is 18.3. The van der Waals surface area contributed by atoms with E-state index in [0.29, 0.717) is 5.78 Å². The van der Waals surface area contributed by atoms with Crippen LogP contribution in [0.25, 0.3) is 5.70 Å². The fourth-order valence-corrected chi connectivity index (χ4v) is 7.16. The molecule has 0 saturated heterocycles. The van der Waals surface area contributed by atoms with Gasteiger partial charge in [0.25, 0.3) is 0 Å². The first-order chi connectivity index (χ1) is 13.6. The van der Waals surface area contributed by atoms with E-state index in [-0.39, 0.29) is 23.0 Å². The van der Waals surface area contributed by atoms with Crippen molar-refractivity contribution in [3.05, 3.63) is 41.0 Å². The number of rotatable bonds is 3. The van der Waals surface area contributed by atoms with Crippen LogP contribution in [-0.2, 0) is 16.8 Å². The molecule has 1 aromatic carbocycles. The quantitative estimate of drug-likeness (QED) is 0.713. The van der Waals surface area contributed by atoms with Crippen LogP contribution >= 0.6 is 0 Å². The van der Waals surface area contributed by atoms with Gasteiger partial charge < -0.3 is 10.4 Å². The standard InChI is InChI=1S/C26H35NO2/c1-24(2)21-6-5-16(15-28)10-20(21)22(27-25(24,3)4)11-23(29)26-12-17-7-18(13-26)9-19(8-17)14-26/h5-6,10-11,17-19,27-28H,7-9,12-15H2,1-4H3/b22-11+. The lowest BCUT2D eigenvalue weighted by Gasteiger charge is -2.55. The van der Waals surface area contributed by atoms with Gasteiger partial charge in [0, 0.05) is 33.7 Å². The molecule has 1 aliphatic heterocycles. The molecule has 0 radical (unpaired) electrons. The molecular weight excluding hydrogens is 358 g/mol. The molecule has 0 unspecified atom stereocenters. The summed E-state index contributed by atoms with van der Waals surface area (Å²) in [5, 5.41) is 13.4. The molecule has 2 N–H and O–H groups in total. The van der Waals surface area contributed by atoms with E-state index < -0.39 is 0 Å². The van der Waals surface area contributed by atoms with Crippen LogP contribution in [0.5, 0.6) is 0 Å². The summed E-state index contributed by atoms with van der Waals surface area (Å²) >= 11 is 0. The van der Waals surface area contributed by atoms with Crippen molar-refractivity contribution in [3.8, 4) is 0 Å². The van der Waals surface area contributed by atoms with E-state index in [1.54, 1.807) is 0 Å². The Hall–Kier alpha value is -1.61. The Kier molecular flexibility index (Phi) is 4.14. The number of carbonyl (C=O) groups excluding carboxylic acids is 1. The zero-order chi connectivity index (χ0) is 20.6. The summed E-state index contributed by atoms with van der Waals surface area (Å²) in [6, 6.07) is 6.23. The third-order valence-corrected chi connectivity index (χ3v) is 9.08. The smallest absolute Gasteiger partial charge is 0.163 e. The lowest BCUT2D eigenvalue weighted by atomic mass is 9.48. The highest BCUT2D eigenvalue weighted by Gasteiger charge is 2.54. The second-order valence-corrected chi connectivity index (χ2v) is 11.5. The van der Waals surface area contributed by atoms with Crippen molar-refractivity contribution in [2.75, 3.05) is 0 Å². The molecule has 4 fully saturated rings. The van der Waals surface area contributed by atoms with E-state index in [2.05, 4.69) is 45.1 Å². The van der Waals surface area contributed by atoms with Crippen molar-refractivity contribution in [1.29, 1.82) is 0 Å². The van der Waals surface area contributed by atoms with Crippen molar-refractivity contribution < 1.29 is 9.90 Å². The lowest BCUT2D eigenvalue weighted by Crippen LogP contribution is -2.56. The maximum atomic E-state index is 13.7. The SMILES string of the molecule is CC1(C)N/C(=C/C(=O)C23CC4CC(CC(C4)C2)C3)c2cc(CO)ccc2C1(C)C. The molecule has 29 heavy (non-hydrogen) atoms. The van der Waals surface area contributed by atoms with E-state index in [9.17, 15) is 9.90 Å². The van der Waals surface area contributed by atoms with E-state index in [1.807, 2.05) is 12.1 Å². The summed E-state index contributed by atoms with van der Waals surface area (Å²) in [4.78, 5) is 13.7. The topological polar surface area (TPSA) is 49.3 Å². The van der Waals surface area contributed by atoms with Crippen molar-refractivity contribution >= 4 is 11.5 Å². The van der Waals surface area contributed by atoms with Crippen LogP contribution in [-0.4, -0.2) is 16.4 Å². The number of aliphatic hydroxyl groups excluding tert-OH is 1. The number of hydrogen-bond donors (Lipinski definition) is 2. The monoisotopic (exact) mass is 393 g/mol. The Morgan fingerprint density at radius 1 is 1.07 bits per heavy atom. The maximum absolute atomic E-state index is 13.7. The molecular formula is C26H35NO2. The van der Waals surface area contributed by atoms with Crippen LogP contribution in [0.1, 0.15) is 82.9 Å². The Morgan fingerprint density at radius 3 is 2.21 bits per heavy atom. The predicted molar refractivity (Wildman–Crippen MR) is 116 cm³/mol. The first-order valence-corrected chi connectivity index (χ1v) is 11.4. The summed E-state index contributed by atoms with van der Waals surface area (Å²) in [7, 11) is 0. The molecule has 156 valence electrons. The minimum atomic E-state index is -0.172. The predicted octanol–water partition coefficient (Wildman–Crippen LogP) is 4.96. The van der Waals surface area contributed by atoms with Gasteiger partial charge in [0.2, 0.25) is 0 Å². The number of hydrogen-bond acceptors (Lipinski definition) is 3. The first kappa shape index (κ1) is 19.4. The first-order valence-electron chi connectivity index (χ1n) is 11.4. The number of ketones is 1. The van der Waals surface area contributed by atoms with E-state index in [0.717, 1.165) is 53.8 Å². The second kappa shape index (κ2) is 6.20. The van der Waals surface area contributed by atoms with Gasteiger partial charge >= 0.3 is 0 Å². The number of nitrogens with one attached hydrogen (secondary N) is 1. The van der Waals surface area contributed by atoms with Gasteiger partial charge in [0.05, 0.1) is 6.61 Å². The van der Waals surface area contributed by atoms with Crippen molar-refractivity contribution in [2.24, 2.45) is 23.2 Å². The molecule has 0 aromatic heterocycles. The second-order valence-electron chi connectivity index (χ2n) is 11.5. The average molecular weight is 394 g/mol. The molecule has 3 nitrogen and oxygen atoms in total. The summed E-state index contributed by atoms with van der Waals surface area (Å²) in [6.45, 7) is 8.98. The van der Waals surface area contributed by atoms with Crippen molar-refractivity contribution in [3.63, 3.8) is 0 Å². The molecule has 4 aliphatic carbocycles. The Labute approximate surface area is 175 Å². The molecule has 3 heteroatoms. The normalized spacial score (nSPS) is 37.3. The minimum Gasteiger partial charge on any atom is -0.392 e. The fraction of sp³-hybridized carbons (Fsp3) is 0.654. The molecule has 1 heterocycles. The Balaban J connectivity index is 1.57. The lowest BCUT2D eigenvalue weighted by molar-refractivity contribution is -0.138. The van der Waals surface area contributed by atoms with Crippen LogP contribution in [0, 0.1) is 23.2 Å². The van der Waals surface area contributed by atoms with E-state index in [4.69, 9.17) is 0 Å². The van der Waals surface area contributed by atoms with Gasteiger partial charge in [-0.3, -0.25) is 4.79 Å². The number of fused-ring (bicyclic) bond motifs is 1. The van der Waals surface area contributed by atoms with Gasteiger partial charge in [-0.1, -0.05) is 26.0 Å². The zero-order valence-corrected chi connectivity index (χ0v) is 18.3. The highest BCUT2D eigenvalue weighted by Crippen LogP contribution is 2.60. The summed E-state index contributed by atoms with van der Waals surface area (Å²) in [6.07, 6.45) is 9.28. The van der Waals surface area contributed by atoms with Crippen LogP contribution < -0.4 is 5.32 Å². The van der Waals surface area contributed by atoms with E-state index >= 15 is 0 Å². The number of aliphatic hydroxyl groups is 1. The van der Waals surface area contributed by atoms with Gasteiger partial charge in [-0.15, -0.1) is 0 Å². The van der Waals surface area contributed by atoms with Gasteiger partial charge in [0.1, 0.15) is 0 Å². The average Bonchev–Trinajstić information content (AvgIpc) is 2.64. The van der Waals surface area contributed by atoms with Gasteiger partial charge in [-0.25, -0.2) is 0 Å². The molecule has 0 amide bonds. The Bertz CT molecular complexity index is 857. The van der Waals surface area contributed by atoms with E-state index in [1.165, 1.54) is 24.8 Å². The molecule has 0 spiro atoms. The van der Waals surface area contributed by atoms with Gasteiger partial charge in [-0.2, -0.15) is 0 Å². The Morgan fingerprint density at radius 2 is 1.66 bits per heavy atom. The number of allylic oxidation sites excluding steroid dienone is 1. The minimum absolute atomic E-state index is 0.0211. The van der Waals surface area contributed by atoms with Crippen LogP contribution in [0.3, 0.4) is 0 Å². The molecule has 4 bridgehead atoms. The third-order valence-electron chi connectivity index (χ3n) is 9.08. The van der Waals surface area contributed by atoms with Crippen molar-refractivity contribution in [1.82, 2.24) is 5.32 Å². The largest absolute Gasteiger partial charge is 0.392 e. The maximum Gasteiger partial charge on any atom is 0.163 e. The van der Waals surface area contributed by atoms with Crippen LogP contribution in [0.2, 0.25) is 0 Å². The highest BCUT2D eigenvalue weighted by molar-refractivity contribution is 6.01. The van der Waals surface area contributed by atoms with Gasteiger partial charge in [0.15, 0.2) is 5.78 Å². The molecule has 4 saturated carbocycles. The molecule has 5 aliphatic rings. The highest BCUT2D eigenvalue weighted by atomic mass is 16.3. The van der Waals surface area contributed by atoms with Gasteiger partial charge in [-0.05, 0) is 87.3 Å². The summed E-state index contributed by atoms with van der Waals surface area (Å²) in [5.41, 5.74) is 3.80. The third kappa shape index (κ3) is 2.84. The van der Waals surface area contributed by atoms with Crippen LogP contribution in [0.4, 0.5) is 0 Å². The van der Waals surface area contributed by atoms with Crippen molar-refractivity contribution in [2.45, 2.75) is 83.8 Å². The molecule has 1 aromatic rings. The number of benzene rings is 1.